The molecule has 1 aliphatic heterocycles. The van der Waals surface area contributed by atoms with Crippen LogP contribution in [0.4, 0.5) is 0 Å². The number of rotatable bonds is 2. The molecule has 0 atom stereocenters. The molecule has 1 aliphatic rings. The Balaban J connectivity index is 2.39. The minimum Gasteiger partial charge on any atom is -0.300 e. The van der Waals surface area contributed by atoms with E-state index in [1.807, 2.05) is 6.21 Å². The summed E-state index contributed by atoms with van der Waals surface area (Å²) in [6.07, 6.45) is 5.01. The summed E-state index contributed by atoms with van der Waals surface area (Å²) in [4.78, 5) is 14.4. The van der Waals surface area contributed by atoms with Gasteiger partial charge in [0.2, 0.25) is 0 Å². The Morgan fingerprint density at radius 3 is 3.11 bits per heavy atom. The zero-order chi connectivity index (χ0) is 6.69. The van der Waals surface area contributed by atoms with Crippen molar-refractivity contribution in [2.75, 3.05) is 0 Å². The van der Waals surface area contributed by atoms with Crippen molar-refractivity contribution in [1.82, 2.24) is 0 Å². The van der Waals surface area contributed by atoms with E-state index < -0.39 is 0 Å². The normalized spacial score (nSPS) is 15.9. The fourth-order valence-electron chi connectivity index (χ4n) is 0.818. The summed E-state index contributed by atoms with van der Waals surface area (Å²) < 4.78 is 0. The Hall–Kier alpha value is -0.920. The lowest BCUT2D eigenvalue weighted by atomic mass is 10.1. The number of Topliss-reactive ketones (excluding diaryl/α,β-unsaturated/α-hetero) is 1. The summed E-state index contributed by atoms with van der Waals surface area (Å²) in [6.45, 7) is 1.60. The molecule has 48 valence electrons. The highest BCUT2D eigenvalue weighted by Crippen LogP contribution is 2.10. The van der Waals surface area contributed by atoms with Crippen molar-refractivity contribution in [2.45, 2.75) is 19.8 Å². The monoisotopic (exact) mass is 123 g/mol. The van der Waals surface area contributed by atoms with Crippen LogP contribution < -0.4 is 0 Å². The first-order valence-electron chi connectivity index (χ1n) is 2.98. The first kappa shape index (κ1) is 6.20. The van der Waals surface area contributed by atoms with E-state index in [0.717, 1.165) is 12.0 Å². The van der Waals surface area contributed by atoms with Crippen LogP contribution >= 0.6 is 0 Å². The highest BCUT2D eigenvalue weighted by Gasteiger charge is 2.02. The maximum absolute atomic E-state index is 10.5. The van der Waals surface area contributed by atoms with Crippen molar-refractivity contribution >= 4 is 12.0 Å². The van der Waals surface area contributed by atoms with E-state index in [4.69, 9.17) is 0 Å². The number of nitrogens with zero attached hydrogens (tertiary/aromatic N) is 1. The predicted molar refractivity (Wildman–Crippen MR) is 36.5 cm³/mol. The van der Waals surface area contributed by atoms with Crippen LogP contribution in [0.25, 0.3) is 0 Å². The van der Waals surface area contributed by atoms with Gasteiger partial charge in [-0.2, -0.15) is 0 Å². The molecule has 0 unspecified atom stereocenters. The molecule has 0 radical (unpaired) electrons. The van der Waals surface area contributed by atoms with Gasteiger partial charge in [0.25, 0.3) is 0 Å². The molecule has 2 nitrogen and oxygen atoms in total. The summed E-state index contributed by atoms with van der Waals surface area (Å²) in [6, 6.07) is 0. The van der Waals surface area contributed by atoms with Gasteiger partial charge in [0.05, 0.1) is 0 Å². The van der Waals surface area contributed by atoms with Crippen molar-refractivity contribution in [2.24, 2.45) is 4.99 Å². The molecule has 0 N–H and O–H groups in total. The molecule has 0 aromatic carbocycles. The SMILES string of the molecule is CC(=O)CC1=CN=CC1. The lowest BCUT2D eigenvalue weighted by Gasteiger charge is -1.91. The summed E-state index contributed by atoms with van der Waals surface area (Å²) >= 11 is 0. The molecule has 1 rings (SSSR count). The molecular weight excluding hydrogens is 114 g/mol. The molecule has 0 saturated carbocycles. The van der Waals surface area contributed by atoms with E-state index in [9.17, 15) is 4.79 Å². The van der Waals surface area contributed by atoms with E-state index in [2.05, 4.69) is 4.99 Å². The van der Waals surface area contributed by atoms with Crippen molar-refractivity contribution in [1.29, 1.82) is 0 Å². The van der Waals surface area contributed by atoms with Crippen LogP contribution in [0.5, 0.6) is 0 Å². The van der Waals surface area contributed by atoms with Gasteiger partial charge >= 0.3 is 0 Å². The molecule has 0 spiro atoms. The molecule has 1 heterocycles. The molecule has 0 fully saturated rings. The highest BCUT2D eigenvalue weighted by molar-refractivity contribution is 5.80. The molecule has 2 heteroatoms. The van der Waals surface area contributed by atoms with Gasteiger partial charge in [-0.25, -0.2) is 0 Å². The molecular formula is C7H9NO. The van der Waals surface area contributed by atoms with Crippen molar-refractivity contribution in [3.05, 3.63) is 11.8 Å². The van der Waals surface area contributed by atoms with Crippen LogP contribution in [-0.4, -0.2) is 12.0 Å². The van der Waals surface area contributed by atoms with Gasteiger partial charge in [-0.1, -0.05) is 0 Å². The zero-order valence-corrected chi connectivity index (χ0v) is 5.42. The largest absolute Gasteiger partial charge is 0.300 e. The Morgan fingerprint density at radius 1 is 1.89 bits per heavy atom. The van der Waals surface area contributed by atoms with E-state index in [0.29, 0.717) is 6.42 Å². The van der Waals surface area contributed by atoms with Gasteiger partial charge in [-0.15, -0.1) is 0 Å². The average molecular weight is 123 g/mol. The first-order chi connectivity index (χ1) is 4.29. The first-order valence-corrected chi connectivity index (χ1v) is 2.98. The lowest BCUT2D eigenvalue weighted by molar-refractivity contribution is -0.116. The van der Waals surface area contributed by atoms with Crippen molar-refractivity contribution < 1.29 is 4.79 Å². The molecule has 0 aromatic rings. The molecule has 0 aromatic heterocycles. The minimum absolute atomic E-state index is 0.215. The smallest absolute Gasteiger partial charge is 0.133 e. The van der Waals surface area contributed by atoms with Crippen LogP contribution in [-0.2, 0) is 4.79 Å². The number of carbonyl (C=O) groups is 1. The van der Waals surface area contributed by atoms with E-state index in [-0.39, 0.29) is 5.78 Å². The summed E-state index contributed by atoms with van der Waals surface area (Å²) in [5.74, 6) is 0.215. The lowest BCUT2D eigenvalue weighted by Crippen LogP contribution is -1.91. The van der Waals surface area contributed by atoms with Crippen LogP contribution in [0.3, 0.4) is 0 Å². The maximum Gasteiger partial charge on any atom is 0.133 e. The third-order valence-electron chi connectivity index (χ3n) is 1.19. The summed E-state index contributed by atoms with van der Waals surface area (Å²) in [5, 5.41) is 0. The molecule has 0 saturated heterocycles. The molecule has 0 bridgehead atoms. The van der Waals surface area contributed by atoms with Crippen LogP contribution in [0, 0.1) is 0 Å². The van der Waals surface area contributed by atoms with Gasteiger partial charge in [-0.05, 0) is 12.5 Å². The number of hydrogen-bond acceptors (Lipinski definition) is 2. The molecule has 0 aliphatic carbocycles. The second-order valence-corrected chi connectivity index (χ2v) is 2.20. The van der Waals surface area contributed by atoms with Crippen molar-refractivity contribution in [3.63, 3.8) is 0 Å². The number of aliphatic imine (C=N–C) groups is 1. The maximum atomic E-state index is 10.5. The Kier molecular flexibility index (Phi) is 1.78. The van der Waals surface area contributed by atoms with Crippen molar-refractivity contribution in [3.8, 4) is 0 Å². The summed E-state index contributed by atoms with van der Waals surface area (Å²) in [5.41, 5.74) is 1.13. The van der Waals surface area contributed by atoms with Gasteiger partial charge in [0.1, 0.15) is 5.78 Å². The fourth-order valence-corrected chi connectivity index (χ4v) is 0.818. The molecule has 9 heavy (non-hydrogen) atoms. The van der Waals surface area contributed by atoms with E-state index in [1.165, 1.54) is 0 Å². The van der Waals surface area contributed by atoms with Gasteiger partial charge in [0, 0.05) is 25.3 Å². The van der Waals surface area contributed by atoms with Crippen LogP contribution in [0.1, 0.15) is 19.8 Å². The van der Waals surface area contributed by atoms with E-state index >= 15 is 0 Å². The highest BCUT2D eigenvalue weighted by atomic mass is 16.1. The number of hydrogen-bond donors (Lipinski definition) is 0. The topological polar surface area (TPSA) is 29.4 Å². The van der Waals surface area contributed by atoms with Crippen LogP contribution in [0.15, 0.2) is 16.8 Å². The number of ketones is 1. The zero-order valence-electron chi connectivity index (χ0n) is 5.42. The Bertz CT molecular complexity index is 179. The second-order valence-electron chi connectivity index (χ2n) is 2.20. The third-order valence-corrected chi connectivity index (χ3v) is 1.19. The van der Waals surface area contributed by atoms with Gasteiger partial charge < -0.3 is 0 Å². The number of allylic oxidation sites excluding steroid dienone is 1. The minimum atomic E-state index is 0.215. The average Bonchev–Trinajstić information content (AvgIpc) is 2.15. The Labute approximate surface area is 54.3 Å². The molecule has 0 amide bonds. The second kappa shape index (κ2) is 2.58. The predicted octanol–water partition coefficient (Wildman–Crippen LogP) is 1.32. The third kappa shape index (κ3) is 1.80. The number of carbonyl (C=O) groups excluding carboxylic acids is 1. The van der Waals surface area contributed by atoms with E-state index in [1.54, 1.807) is 13.1 Å². The Morgan fingerprint density at radius 2 is 2.67 bits per heavy atom. The van der Waals surface area contributed by atoms with Gasteiger partial charge in [0.15, 0.2) is 0 Å². The standard InChI is InChI=1S/C7H9NO/c1-6(9)4-7-2-3-8-5-7/h3,5H,2,4H2,1H3. The summed E-state index contributed by atoms with van der Waals surface area (Å²) in [7, 11) is 0. The van der Waals surface area contributed by atoms with Crippen LogP contribution in [0.2, 0.25) is 0 Å². The van der Waals surface area contributed by atoms with Gasteiger partial charge in [-0.3, -0.25) is 9.79 Å². The fraction of sp³-hybridized carbons (Fsp3) is 0.429. The quantitative estimate of drug-likeness (QED) is 0.544.